The van der Waals surface area contributed by atoms with Crippen LogP contribution in [0.1, 0.15) is 37.8 Å². The molecule has 0 radical (unpaired) electrons. The minimum atomic E-state index is -4.52. The highest BCUT2D eigenvalue weighted by molar-refractivity contribution is 5.85. The lowest BCUT2D eigenvalue weighted by molar-refractivity contribution is -0.139. The molecule has 0 unspecified atom stereocenters. The van der Waals surface area contributed by atoms with E-state index in [0.29, 0.717) is 12.8 Å². The topological polar surface area (TPSA) is 64.4 Å². The van der Waals surface area contributed by atoms with Crippen LogP contribution in [0.15, 0.2) is 18.2 Å². The van der Waals surface area contributed by atoms with Crippen LogP contribution in [0, 0.1) is 5.41 Å². The SMILES string of the molecule is CCC(CC)(CN)C(=O)NCc1ccc(OC)cc1C(F)(F)F.Cl. The molecule has 8 heteroatoms. The van der Waals surface area contributed by atoms with Gasteiger partial charge in [0.05, 0.1) is 18.1 Å². The average Bonchev–Trinajstić information content (AvgIpc) is 2.54. The van der Waals surface area contributed by atoms with Crippen molar-refractivity contribution < 1.29 is 22.7 Å². The fourth-order valence-electron chi connectivity index (χ4n) is 2.42. The van der Waals surface area contributed by atoms with E-state index < -0.39 is 17.2 Å². The van der Waals surface area contributed by atoms with Crippen LogP contribution < -0.4 is 15.8 Å². The van der Waals surface area contributed by atoms with Crippen LogP contribution in [0.25, 0.3) is 0 Å². The number of ether oxygens (including phenoxy) is 1. The quantitative estimate of drug-likeness (QED) is 0.774. The van der Waals surface area contributed by atoms with Gasteiger partial charge in [0, 0.05) is 13.1 Å². The van der Waals surface area contributed by atoms with Gasteiger partial charge in [-0.25, -0.2) is 0 Å². The highest BCUT2D eigenvalue weighted by Crippen LogP contribution is 2.34. The van der Waals surface area contributed by atoms with Crippen LogP contribution in [-0.2, 0) is 17.5 Å². The summed E-state index contributed by atoms with van der Waals surface area (Å²) in [5.74, 6) is -0.209. The summed E-state index contributed by atoms with van der Waals surface area (Å²) in [4.78, 5) is 12.3. The zero-order valence-electron chi connectivity index (χ0n) is 14.0. The molecular formula is C16H24ClF3N2O2. The van der Waals surface area contributed by atoms with Crippen LogP contribution in [0.3, 0.4) is 0 Å². The molecule has 1 aromatic carbocycles. The lowest BCUT2D eigenvalue weighted by Gasteiger charge is -2.28. The summed E-state index contributed by atoms with van der Waals surface area (Å²) in [6.45, 7) is 3.62. The Kier molecular flexibility index (Phi) is 8.57. The van der Waals surface area contributed by atoms with E-state index in [1.165, 1.54) is 19.2 Å². The van der Waals surface area contributed by atoms with Crippen molar-refractivity contribution in [2.75, 3.05) is 13.7 Å². The van der Waals surface area contributed by atoms with Gasteiger partial charge >= 0.3 is 6.18 Å². The molecule has 1 rings (SSSR count). The van der Waals surface area contributed by atoms with Gasteiger partial charge in [-0.15, -0.1) is 12.4 Å². The van der Waals surface area contributed by atoms with Crippen LogP contribution >= 0.6 is 12.4 Å². The maximum atomic E-state index is 13.1. The molecule has 0 fully saturated rings. The van der Waals surface area contributed by atoms with Crippen molar-refractivity contribution in [1.29, 1.82) is 0 Å². The molecule has 3 N–H and O–H groups in total. The third-order valence-corrected chi connectivity index (χ3v) is 4.29. The average molecular weight is 369 g/mol. The van der Waals surface area contributed by atoms with E-state index in [1.54, 1.807) is 0 Å². The molecule has 0 heterocycles. The summed E-state index contributed by atoms with van der Waals surface area (Å²) >= 11 is 0. The number of carbonyl (C=O) groups excluding carboxylic acids is 1. The van der Waals surface area contributed by atoms with Gasteiger partial charge in [-0.3, -0.25) is 4.79 Å². The normalized spacial score (nSPS) is 11.6. The summed E-state index contributed by atoms with van der Waals surface area (Å²) in [7, 11) is 1.30. The van der Waals surface area contributed by atoms with Crippen LogP contribution in [0.4, 0.5) is 13.2 Å². The molecule has 1 aromatic rings. The molecule has 0 aliphatic heterocycles. The highest BCUT2D eigenvalue weighted by Gasteiger charge is 2.36. The molecule has 4 nitrogen and oxygen atoms in total. The van der Waals surface area contributed by atoms with Gasteiger partial charge < -0.3 is 15.8 Å². The number of amides is 1. The summed E-state index contributed by atoms with van der Waals surface area (Å²) in [5, 5.41) is 2.58. The number of benzene rings is 1. The summed E-state index contributed by atoms with van der Waals surface area (Å²) in [5.41, 5.74) is 4.11. The van der Waals surface area contributed by atoms with Crippen molar-refractivity contribution >= 4 is 18.3 Å². The van der Waals surface area contributed by atoms with Crippen molar-refractivity contribution in [3.8, 4) is 5.75 Å². The molecule has 24 heavy (non-hydrogen) atoms. The molecule has 0 bridgehead atoms. The van der Waals surface area contributed by atoms with Gasteiger partial charge in [-0.05, 0) is 30.5 Å². The van der Waals surface area contributed by atoms with Crippen molar-refractivity contribution in [2.24, 2.45) is 11.1 Å². The summed E-state index contributed by atoms with van der Waals surface area (Å²) < 4.78 is 44.2. The maximum Gasteiger partial charge on any atom is 0.416 e. The Morgan fingerprint density at radius 2 is 1.83 bits per heavy atom. The first kappa shape index (κ1) is 22.5. The fraction of sp³-hybridized carbons (Fsp3) is 0.562. The number of halogens is 4. The standard InChI is InChI=1S/C16H23F3N2O2.ClH/c1-4-15(5-2,10-20)14(22)21-9-11-6-7-12(23-3)8-13(11)16(17,18)19;/h6-8H,4-5,9-10,20H2,1-3H3,(H,21,22);1H. The number of nitrogens with one attached hydrogen (secondary N) is 1. The van der Waals surface area contributed by atoms with Crippen LogP contribution in [-0.4, -0.2) is 19.6 Å². The molecule has 138 valence electrons. The fourth-order valence-corrected chi connectivity index (χ4v) is 2.42. The molecule has 1 amide bonds. The zero-order valence-corrected chi connectivity index (χ0v) is 14.8. The Bertz CT molecular complexity index is 538. The number of nitrogens with two attached hydrogens (primary N) is 1. The largest absolute Gasteiger partial charge is 0.497 e. The van der Waals surface area contributed by atoms with Gasteiger partial charge in [0.15, 0.2) is 0 Å². The van der Waals surface area contributed by atoms with E-state index in [1.807, 2.05) is 13.8 Å². The van der Waals surface area contributed by atoms with Gasteiger partial charge in [0.25, 0.3) is 0 Å². The Morgan fingerprint density at radius 3 is 2.25 bits per heavy atom. The monoisotopic (exact) mass is 368 g/mol. The lowest BCUT2D eigenvalue weighted by Crippen LogP contribution is -2.45. The number of alkyl halides is 3. The Morgan fingerprint density at radius 1 is 1.25 bits per heavy atom. The molecule has 0 aliphatic rings. The minimum Gasteiger partial charge on any atom is -0.497 e. The Balaban J connectivity index is 0.00000529. The number of carbonyl (C=O) groups is 1. The van der Waals surface area contributed by atoms with Gasteiger partial charge in [0.1, 0.15) is 5.75 Å². The second-order valence-electron chi connectivity index (χ2n) is 5.40. The minimum absolute atomic E-state index is 0. The molecule has 0 aliphatic carbocycles. The summed E-state index contributed by atoms with van der Waals surface area (Å²) in [6, 6.07) is 3.67. The van der Waals surface area contributed by atoms with Crippen LogP contribution in [0.2, 0.25) is 0 Å². The molecular weight excluding hydrogens is 345 g/mol. The van der Waals surface area contributed by atoms with Crippen LogP contribution in [0.5, 0.6) is 5.75 Å². The smallest absolute Gasteiger partial charge is 0.416 e. The van der Waals surface area contributed by atoms with E-state index in [4.69, 9.17) is 10.5 Å². The van der Waals surface area contributed by atoms with Crippen molar-refractivity contribution in [1.82, 2.24) is 5.32 Å². The van der Waals surface area contributed by atoms with Gasteiger partial charge in [0.2, 0.25) is 5.91 Å². The Hall–Kier alpha value is -1.47. The van der Waals surface area contributed by atoms with E-state index in [2.05, 4.69) is 5.32 Å². The second kappa shape index (κ2) is 9.13. The van der Waals surface area contributed by atoms with E-state index in [9.17, 15) is 18.0 Å². The Labute approximate surface area is 146 Å². The second-order valence-corrected chi connectivity index (χ2v) is 5.40. The number of rotatable bonds is 7. The zero-order chi connectivity index (χ0) is 17.7. The summed E-state index contributed by atoms with van der Waals surface area (Å²) in [6.07, 6.45) is -3.46. The van der Waals surface area contributed by atoms with Crippen molar-refractivity contribution in [2.45, 2.75) is 39.4 Å². The van der Waals surface area contributed by atoms with E-state index in [0.717, 1.165) is 6.07 Å². The van der Waals surface area contributed by atoms with E-state index in [-0.39, 0.29) is 42.7 Å². The molecule has 0 saturated carbocycles. The lowest BCUT2D eigenvalue weighted by atomic mass is 9.81. The maximum absolute atomic E-state index is 13.1. The predicted molar refractivity (Wildman–Crippen MR) is 89.2 cm³/mol. The first-order valence-electron chi connectivity index (χ1n) is 7.46. The molecule has 0 atom stereocenters. The molecule has 0 spiro atoms. The first-order valence-corrected chi connectivity index (χ1v) is 7.46. The number of hydrogen-bond acceptors (Lipinski definition) is 3. The predicted octanol–water partition coefficient (Wildman–Crippen LogP) is 3.52. The van der Waals surface area contributed by atoms with Gasteiger partial charge in [-0.1, -0.05) is 19.9 Å². The third-order valence-electron chi connectivity index (χ3n) is 4.29. The van der Waals surface area contributed by atoms with Gasteiger partial charge in [-0.2, -0.15) is 13.2 Å². The van der Waals surface area contributed by atoms with Crippen molar-refractivity contribution in [3.63, 3.8) is 0 Å². The molecule has 0 saturated heterocycles. The first-order chi connectivity index (χ1) is 10.7. The highest BCUT2D eigenvalue weighted by atomic mass is 35.5. The van der Waals surface area contributed by atoms with Crippen molar-refractivity contribution in [3.05, 3.63) is 29.3 Å². The third kappa shape index (κ3) is 5.01. The molecule has 0 aromatic heterocycles. The number of methoxy groups -OCH3 is 1. The number of hydrogen-bond donors (Lipinski definition) is 2. The van der Waals surface area contributed by atoms with E-state index >= 15 is 0 Å².